The highest BCUT2D eigenvalue weighted by molar-refractivity contribution is 5.42. The molecule has 1 aromatic heterocycles. The van der Waals surface area contributed by atoms with Crippen LogP contribution >= 0.6 is 0 Å². The summed E-state index contributed by atoms with van der Waals surface area (Å²) in [7, 11) is 1.60. The number of nitrogens with two attached hydrogens (primary N) is 1. The third kappa shape index (κ3) is 1.97. The Morgan fingerprint density at radius 3 is 2.79 bits per heavy atom. The Balaban J connectivity index is 1.92. The summed E-state index contributed by atoms with van der Waals surface area (Å²) in [5.74, 6) is 0.918. The van der Waals surface area contributed by atoms with E-state index in [4.69, 9.17) is 5.73 Å². The zero-order valence-electron chi connectivity index (χ0n) is 10.6. The van der Waals surface area contributed by atoms with Gasteiger partial charge in [-0.05, 0) is 24.0 Å². The molecule has 1 aromatic carbocycles. The minimum Gasteiger partial charge on any atom is -0.508 e. The van der Waals surface area contributed by atoms with Gasteiger partial charge in [0.05, 0.1) is 5.69 Å². The molecule has 98 valence electrons. The third-order valence-electron chi connectivity index (χ3n) is 3.70. The molecule has 1 heterocycles. The molecule has 0 spiro atoms. The minimum atomic E-state index is -0.148. The van der Waals surface area contributed by atoms with E-state index >= 15 is 0 Å². The first kappa shape index (κ1) is 11.8. The summed E-state index contributed by atoms with van der Waals surface area (Å²) in [6, 6.07) is 8.81. The van der Waals surface area contributed by atoms with Crippen molar-refractivity contribution < 1.29 is 5.11 Å². The average Bonchev–Trinajstić information content (AvgIpc) is 3.16. The van der Waals surface area contributed by atoms with Crippen molar-refractivity contribution >= 4 is 5.95 Å². The average molecular weight is 257 g/mol. The molecule has 2 atom stereocenters. The molecule has 1 saturated carbocycles. The number of aromatic nitrogens is 2. The fraction of sp³-hybridized carbons (Fsp3) is 0.286. The van der Waals surface area contributed by atoms with Crippen molar-refractivity contribution in [2.75, 3.05) is 5.73 Å². The van der Waals surface area contributed by atoms with E-state index in [9.17, 15) is 9.90 Å². The fourth-order valence-corrected chi connectivity index (χ4v) is 2.43. The maximum atomic E-state index is 11.7. The van der Waals surface area contributed by atoms with Crippen LogP contribution in [-0.4, -0.2) is 14.7 Å². The van der Waals surface area contributed by atoms with Gasteiger partial charge in [0.15, 0.2) is 0 Å². The van der Waals surface area contributed by atoms with E-state index in [0.717, 1.165) is 12.0 Å². The Morgan fingerprint density at radius 2 is 2.11 bits per heavy atom. The standard InChI is InChI=1S/C14H15N3O2/c1-17-13(19)7-11(16-14(17)15)10-6-9(10)8-4-2-3-5-12(8)18/h2-5,7,9-10,18H,6H2,1H3,(H2,15,16)/t9-,10-/m0/s1. The predicted molar refractivity (Wildman–Crippen MR) is 72.1 cm³/mol. The molecule has 0 amide bonds. The van der Waals surface area contributed by atoms with Crippen LogP contribution in [0.5, 0.6) is 5.75 Å². The van der Waals surface area contributed by atoms with Crippen LogP contribution < -0.4 is 11.3 Å². The zero-order valence-corrected chi connectivity index (χ0v) is 10.6. The molecule has 0 saturated heterocycles. The van der Waals surface area contributed by atoms with Crippen molar-refractivity contribution in [3.8, 4) is 5.75 Å². The first-order valence-electron chi connectivity index (χ1n) is 6.19. The maximum absolute atomic E-state index is 11.7. The number of anilines is 1. The first-order chi connectivity index (χ1) is 9.08. The van der Waals surface area contributed by atoms with E-state index in [1.54, 1.807) is 19.2 Å². The van der Waals surface area contributed by atoms with Crippen LogP contribution in [0, 0.1) is 0 Å². The monoisotopic (exact) mass is 257 g/mol. The second-order valence-electron chi connectivity index (χ2n) is 4.94. The molecule has 19 heavy (non-hydrogen) atoms. The maximum Gasteiger partial charge on any atom is 0.254 e. The summed E-state index contributed by atoms with van der Waals surface area (Å²) in [6.07, 6.45) is 0.886. The number of rotatable bonds is 2. The molecule has 3 rings (SSSR count). The predicted octanol–water partition coefficient (Wildman–Crippen LogP) is 1.34. The van der Waals surface area contributed by atoms with E-state index in [0.29, 0.717) is 11.4 Å². The molecule has 5 heteroatoms. The Labute approximate surface area is 110 Å². The van der Waals surface area contributed by atoms with Gasteiger partial charge in [-0.1, -0.05) is 18.2 Å². The summed E-state index contributed by atoms with van der Waals surface area (Å²) in [5.41, 5.74) is 7.18. The van der Waals surface area contributed by atoms with E-state index in [1.165, 1.54) is 10.6 Å². The number of phenols is 1. The number of hydrogen-bond donors (Lipinski definition) is 2. The number of aromatic hydroxyl groups is 1. The third-order valence-corrected chi connectivity index (χ3v) is 3.70. The van der Waals surface area contributed by atoms with Crippen LogP contribution in [0.15, 0.2) is 35.1 Å². The van der Waals surface area contributed by atoms with Crippen molar-refractivity contribution in [2.24, 2.45) is 7.05 Å². The Bertz CT molecular complexity index is 693. The van der Waals surface area contributed by atoms with Crippen molar-refractivity contribution in [1.29, 1.82) is 0 Å². The zero-order chi connectivity index (χ0) is 13.6. The lowest BCUT2D eigenvalue weighted by atomic mass is 10.1. The van der Waals surface area contributed by atoms with Gasteiger partial charge in [0.1, 0.15) is 5.75 Å². The molecule has 5 nitrogen and oxygen atoms in total. The van der Waals surface area contributed by atoms with Gasteiger partial charge in [-0.25, -0.2) is 4.98 Å². The molecule has 1 aliphatic carbocycles. The van der Waals surface area contributed by atoms with Gasteiger partial charge in [-0.15, -0.1) is 0 Å². The largest absolute Gasteiger partial charge is 0.508 e. The van der Waals surface area contributed by atoms with Crippen molar-refractivity contribution in [3.63, 3.8) is 0 Å². The van der Waals surface area contributed by atoms with Gasteiger partial charge >= 0.3 is 0 Å². The van der Waals surface area contributed by atoms with Gasteiger partial charge in [0.2, 0.25) is 5.95 Å². The topological polar surface area (TPSA) is 81.1 Å². The lowest BCUT2D eigenvalue weighted by molar-refractivity contribution is 0.468. The summed E-state index contributed by atoms with van der Waals surface area (Å²) in [6.45, 7) is 0. The molecule has 1 aliphatic rings. The van der Waals surface area contributed by atoms with Crippen LogP contribution in [0.4, 0.5) is 5.95 Å². The second kappa shape index (κ2) is 4.12. The molecule has 2 aromatic rings. The Kier molecular flexibility index (Phi) is 2.55. The summed E-state index contributed by atoms with van der Waals surface area (Å²) >= 11 is 0. The molecule has 0 radical (unpaired) electrons. The van der Waals surface area contributed by atoms with Crippen LogP contribution in [0.3, 0.4) is 0 Å². The number of para-hydroxylation sites is 1. The van der Waals surface area contributed by atoms with Crippen LogP contribution in [0.2, 0.25) is 0 Å². The molecule has 1 fully saturated rings. The minimum absolute atomic E-state index is 0.148. The number of benzene rings is 1. The number of phenolic OH excluding ortho intramolecular Hbond substituents is 1. The molecule has 3 N–H and O–H groups in total. The lowest BCUT2D eigenvalue weighted by Crippen LogP contribution is -2.21. The van der Waals surface area contributed by atoms with Gasteiger partial charge < -0.3 is 10.8 Å². The van der Waals surface area contributed by atoms with Gasteiger partial charge in [0.25, 0.3) is 5.56 Å². The molecular formula is C14H15N3O2. The fourth-order valence-electron chi connectivity index (χ4n) is 2.43. The van der Waals surface area contributed by atoms with Crippen LogP contribution in [0.25, 0.3) is 0 Å². The summed E-state index contributed by atoms with van der Waals surface area (Å²) in [5, 5.41) is 9.83. The smallest absolute Gasteiger partial charge is 0.254 e. The highest BCUT2D eigenvalue weighted by Crippen LogP contribution is 2.55. The van der Waals surface area contributed by atoms with E-state index in [2.05, 4.69) is 4.98 Å². The highest BCUT2D eigenvalue weighted by atomic mass is 16.3. The van der Waals surface area contributed by atoms with Crippen LogP contribution in [-0.2, 0) is 7.05 Å². The van der Waals surface area contributed by atoms with Crippen molar-refractivity contribution in [3.05, 3.63) is 51.9 Å². The Morgan fingerprint density at radius 1 is 1.37 bits per heavy atom. The van der Waals surface area contributed by atoms with Gasteiger partial charge in [-0.3, -0.25) is 9.36 Å². The molecular weight excluding hydrogens is 242 g/mol. The lowest BCUT2D eigenvalue weighted by Gasteiger charge is -2.06. The normalized spacial score (nSPS) is 21.3. The second-order valence-corrected chi connectivity index (χ2v) is 4.94. The van der Waals surface area contributed by atoms with Crippen LogP contribution in [0.1, 0.15) is 29.5 Å². The van der Waals surface area contributed by atoms with Gasteiger partial charge in [0, 0.05) is 19.0 Å². The highest BCUT2D eigenvalue weighted by Gasteiger charge is 2.42. The Hall–Kier alpha value is -2.30. The van der Waals surface area contributed by atoms with Crippen molar-refractivity contribution in [1.82, 2.24) is 9.55 Å². The van der Waals surface area contributed by atoms with E-state index in [1.807, 2.05) is 12.1 Å². The number of hydrogen-bond acceptors (Lipinski definition) is 4. The van der Waals surface area contributed by atoms with Gasteiger partial charge in [-0.2, -0.15) is 0 Å². The summed E-state index contributed by atoms with van der Waals surface area (Å²) < 4.78 is 1.32. The SMILES string of the molecule is Cn1c(N)nc([C@H]2C[C@H]2c2ccccc2O)cc1=O. The van der Waals surface area contributed by atoms with E-state index in [-0.39, 0.29) is 23.3 Å². The number of nitrogens with zero attached hydrogens (tertiary/aromatic N) is 2. The number of nitrogen functional groups attached to an aromatic ring is 1. The molecule has 0 aliphatic heterocycles. The van der Waals surface area contributed by atoms with E-state index < -0.39 is 0 Å². The van der Waals surface area contributed by atoms with Crippen molar-refractivity contribution in [2.45, 2.75) is 18.3 Å². The molecule has 0 unspecified atom stereocenters. The first-order valence-corrected chi connectivity index (χ1v) is 6.19. The molecule has 0 bridgehead atoms. The summed E-state index contributed by atoms with van der Waals surface area (Å²) in [4.78, 5) is 16.0. The quantitative estimate of drug-likeness (QED) is 0.850.